The van der Waals surface area contributed by atoms with E-state index in [0.717, 1.165) is 16.5 Å². The van der Waals surface area contributed by atoms with Crippen LogP contribution in [0, 0.1) is 0 Å². The van der Waals surface area contributed by atoms with Crippen LogP contribution < -0.4 is 5.32 Å². The molecule has 0 fully saturated rings. The Morgan fingerprint density at radius 2 is 1.61 bits per heavy atom. The van der Waals surface area contributed by atoms with Crippen molar-refractivity contribution in [3.05, 3.63) is 90.1 Å². The maximum absolute atomic E-state index is 12.5. The Morgan fingerprint density at radius 1 is 0.913 bits per heavy atom. The number of para-hydroxylation sites is 1. The number of hydrogen-bond acceptors (Lipinski definition) is 3. The topological polar surface area (TPSA) is 42.0 Å². The van der Waals surface area contributed by atoms with Crippen molar-refractivity contribution in [1.29, 1.82) is 0 Å². The highest BCUT2D eigenvalue weighted by Gasteiger charge is 2.13. The van der Waals surface area contributed by atoms with Crippen LogP contribution in [-0.2, 0) is 5.75 Å². The summed E-state index contributed by atoms with van der Waals surface area (Å²) in [4.78, 5) is 16.8. The van der Waals surface area contributed by atoms with Gasteiger partial charge in [0.1, 0.15) is 5.03 Å². The molecule has 0 radical (unpaired) electrons. The number of nitrogens with one attached hydrogen (secondary N) is 1. The summed E-state index contributed by atoms with van der Waals surface area (Å²) < 4.78 is 0. The number of aromatic nitrogens is 1. The first-order valence-electron chi connectivity index (χ1n) is 7.31. The minimum Gasteiger partial charge on any atom is -0.322 e. The predicted molar refractivity (Wildman–Crippen MR) is 94.6 cm³/mol. The molecule has 114 valence electrons. The van der Waals surface area contributed by atoms with Gasteiger partial charge in [-0.2, -0.15) is 0 Å². The first kappa shape index (κ1) is 15.3. The molecule has 0 saturated heterocycles. The maximum atomic E-state index is 12.5. The van der Waals surface area contributed by atoms with Crippen LogP contribution in [-0.4, -0.2) is 10.9 Å². The van der Waals surface area contributed by atoms with Gasteiger partial charge in [0.25, 0.3) is 5.91 Å². The molecule has 1 heterocycles. The number of carbonyl (C=O) groups is 1. The van der Waals surface area contributed by atoms with Crippen LogP contribution in [0.15, 0.2) is 84.0 Å². The maximum Gasteiger partial charge on any atom is 0.258 e. The number of pyridine rings is 1. The third-order valence-corrected chi connectivity index (χ3v) is 4.34. The molecule has 2 aromatic carbocycles. The molecule has 0 unspecified atom stereocenters. The lowest BCUT2D eigenvalue weighted by atomic mass is 10.2. The zero-order valence-corrected chi connectivity index (χ0v) is 13.3. The van der Waals surface area contributed by atoms with Crippen LogP contribution >= 0.6 is 11.8 Å². The van der Waals surface area contributed by atoms with E-state index in [9.17, 15) is 4.79 Å². The van der Waals surface area contributed by atoms with Crippen molar-refractivity contribution in [3.8, 4) is 0 Å². The molecule has 3 rings (SSSR count). The summed E-state index contributed by atoms with van der Waals surface area (Å²) in [6, 6.07) is 23.2. The number of benzene rings is 2. The van der Waals surface area contributed by atoms with Crippen LogP contribution in [0.3, 0.4) is 0 Å². The quantitative estimate of drug-likeness (QED) is 0.697. The largest absolute Gasteiger partial charge is 0.322 e. The van der Waals surface area contributed by atoms with E-state index in [1.807, 2.05) is 48.5 Å². The van der Waals surface area contributed by atoms with E-state index in [-0.39, 0.29) is 5.91 Å². The minimum absolute atomic E-state index is 0.139. The third-order valence-electron chi connectivity index (χ3n) is 3.27. The molecule has 0 aliphatic rings. The van der Waals surface area contributed by atoms with Gasteiger partial charge in [-0.15, -0.1) is 11.8 Å². The molecular weight excluding hydrogens is 304 g/mol. The second-order valence-electron chi connectivity index (χ2n) is 4.95. The molecule has 23 heavy (non-hydrogen) atoms. The van der Waals surface area contributed by atoms with Gasteiger partial charge in [0.15, 0.2) is 0 Å². The summed E-state index contributed by atoms with van der Waals surface area (Å²) in [6.45, 7) is 0. The summed E-state index contributed by atoms with van der Waals surface area (Å²) in [5.74, 6) is 0.642. The first-order valence-corrected chi connectivity index (χ1v) is 8.29. The lowest BCUT2D eigenvalue weighted by Crippen LogP contribution is -2.13. The fourth-order valence-corrected chi connectivity index (χ4v) is 3.07. The molecule has 0 saturated carbocycles. The molecule has 1 amide bonds. The Balaban J connectivity index is 1.73. The fraction of sp³-hybridized carbons (Fsp3) is 0.0526. The smallest absolute Gasteiger partial charge is 0.258 e. The summed E-state index contributed by atoms with van der Waals surface area (Å²) in [5.41, 5.74) is 2.58. The van der Waals surface area contributed by atoms with Crippen molar-refractivity contribution in [2.45, 2.75) is 10.8 Å². The molecule has 3 aromatic rings. The Kier molecular flexibility index (Phi) is 5.06. The van der Waals surface area contributed by atoms with Crippen LogP contribution in [0.25, 0.3) is 0 Å². The Hall–Kier alpha value is -2.59. The number of thioether (sulfide) groups is 1. The van der Waals surface area contributed by atoms with Gasteiger partial charge in [-0.05, 0) is 29.8 Å². The number of amides is 1. The van der Waals surface area contributed by atoms with E-state index in [1.165, 1.54) is 5.56 Å². The van der Waals surface area contributed by atoms with Gasteiger partial charge in [-0.25, -0.2) is 4.98 Å². The molecule has 0 aliphatic heterocycles. The van der Waals surface area contributed by atoms with Gasteiger partial charge < -0.3 is 5.32 Å². The van der Waals surface area contributed by atoms with Crippen LogP contribution in [0.2, 0.25) is 0 Å². The molecule has 4 heteroatoms. The molecule has 0 atom stereocenters. The molecule has 1 aromatic heterocycles. The highest BCUT2D eigenvalue weighted by Crippen LogP contribution is 2.24. The molecule has 1 N–H and O–H groups in total. The van der Waals surface area contributed by atoms with Gasteiger partial charge in [0.05, 0.1) is 5.56 Å². The van der Waals surface area contributed by atoms with E-state index in [2.05, 4.69) is 22.4 Å². The van der Waals surface area contributed by atoms with E-state index < -0.39 is 0 Å². The van der Waals surface area contributed by atoms with E-state index in [1.54, 1.807) is 30.1 Å². The molecular formula is C19H16N2OS. The van der Waals surface area contributed by atoms with Gasteiger partial charge >= 0.3 is 0 Å². The third kappa shape index (κ3) is 4.20. The number of hydrogen-bond donors (Lipinski definition) is 1. The first-order chi connectivity index (χ1) is 11.3. The highest BCUT2D eigenvalue weighted by atomic mass is 32.2. The summed E-state index contributed by atoms with van der Waals surface area (Å²) in [6.07, 6.45) is 1.71. The molecule has 0 spiro atoms. The van der Waals surface area contributed by atoms with E-state index >= 15 is 0 Å². The SMILES string of the molecule is O=C(Nc1ccccc1)c1cccnc1SCc1ccccc1. The second kappa shape index (κ2) is 7.61. The Labute approximate surface area is 139 Å². The molecule has 3 nitrogen and oxygen atoms in total. The van der Waals surface area contributed by atoms with Crippen LogP contribution in [0.1, 0.15) is 15.9 Å². The monoisotopic (exact) mass is 320 g/mol. The number of nitrogens with zero attached hydrogens (tertiary/aromatic N) is 1. The molecule has 0 aliphatic carbocycles. The lowest BCUT2D eigenvalue weighted by molar-refractivity contribution is 0.102. The molecule has 0 bridgehead atoms. The zero-order valence-electron chi connectivity index (χ0n) is 12.5. The van der Waals surface area contributed by atoms with Crippen molar-refractivity contribution < 1.29 is 4.79 Å². The summed E-state index contributed by atoms with van der Waals surface area (Å²) in [5, 5.41) is 3.65. The highest BCUT2D eigenvalue weighted by molar-refractivity contribution is 7.98. The normalized spacial score (nSPS) is 10.3. The number of carbonyl (C=O) groups excluding carboxylic acids is 1. The van der Waals surface area contributed by atoms with Crippen molar-refractivity contribution >= 4 is 23.4 Å². The average molecular weight is 320 g/mol. The van der Waals surface area contributed by atoms with Gasteiger partial charge in [0.2, 0.25) is 0 Å². The summed E-state index contributed by atoms with van der Waals surface area (Å²) in [7, 11) is 0. The average Bonchev–Trinajstić information content (AvgIpc) is 2.62. The fourth-order valence-electron chi connectivity index (χ4n) is 2.12. The Bertz CT molecular complexity index is 776. The van der Waals surface area contributed by atoms with E-state index in [0.29, 0.717) is 5.56 Å². The van der Waals surface area contributed by atoms with Crippen molar-refractivity contribution in [1.82, 2.24) is 4.98 Å². The van der Waals surface area contributed by atoms with Crippen molar-refractivity contribution in [2.75, 3.05) is 5.32 Å². The van der Waals surface area contributed by atoms with Crippen molar-refractivity contribution in [3.63, 3.8) is 0 Å². The van der Waals surface area contributed by atoms with Gasteiger partial charge in [0, 0.05) is 17.6 Å². The standard InChI is InChI=1S/C19H16N2OS/c22-18(21-16-10-5-2-6-11-16)17-12-7-13-20-19(17)23-14-15-8-3-1-4-9-15/h1-13H,14H2,(H,21,22). The minimum atomic E-state index is -0.139. The van der Waals surface area contributed by atoms with Crippen LogP contribution in [0.4, 0.5) is 5.69 Å². The zero-order chi connectivity index (χ0) is 15.9. The lowest BCUT2D eigenvalue weighted by Gasteiger charge is -2.09. The number of anilines is 1. The van der Waals surface area contributed by atoms with Crippen molar-refractivity contribution in [2.24, 2.45) is 0 Å². The van der Waals surface area contributed by atoms with Gasteiger partial charge in [-0.1, -0.05) is 48.5 Å². The number of rotatable bonds is 5. The van der Waals surface area contributed by atoms with E-state index in [4.69, 9.17) is 0 Å². The van der Waals surface area contributed by atoms with Gasteiger partial charge in [-0.3, -0.25) is 4.79 Å². The van der Waals surface area contributed by atoms with Crippen LogP contribution in [0.5, 0.6) is 0 Å². The predicted octanol–water partition coefficient (Wildman–Crippen LogP) is 4.63. The summed E-state index contributed by atoms with van der Waals surface area (Å²) >= 11 is 1.57. The second-order valence-corrected chi connectivity index (χ2v) is 5.91. The Morgan fingerprint density at radius 3 is 2.35 bits per heavy atom.